The van der Waals surface area contributed by atoms with Gasteiger partial charge >= 0.3 is 0 Å². The summed E-state index contributed by atoms with van der Waals surface area (Å²) in [5.74, 6) is -0.261. The molecule has 2 rings (SSSR count). The van der Waals surface area contributed by atoms with E-state index in [9.17, 15) is 9.50 Å². The van der Waals surface area contributed by atoms with Crippen molar-refractivity contribution in [1.29, 1.82) is 0 Å². The Bertz CT molecular complexity index is 375. The van der Waals surface area contributed by atoms with Gasteiger partial charge in [0.15, 0.2) is 0 Å². The molecule has 1 fully saturated rings. The van der Waals surface area contributed by atoms with Gasteiger partial charge < -0.3 is 15.2 Å². The third kappa shape index (κ3) is 2.79. The maximum absolute atomic E-state index is 13.0. The van der Waals surface area contributed by atoms with Gasteiger partial charge in [-0.1, -0.05) is 15.9 Å². The van der Waals surface area contributed by atoms with Crippen LogP contribution in [0.25, 0.3) is 0 Å². The first-order valence-electron chi connectivity index (χ1n) is 5.10. The van der Waals surface area contributed by atoms with E-state index in [1.807, 2.05) is 0 Å². The van der Waals surface area contributed by atoms with Crippen molar-refractivity contribution in [2.24, 2.45) is 0 Å². The van der Waals surface area contributed by atoms with Gasteiger partial charge in [-0.25, -0.2) is 4.39 Å². The van der Waals surface area contributed by atoms with Crippen LogP contribution in [-0.2, 0) is 11.3 Å². The molecular formula is C11H13BrFNO2. The first-order chi connectivity index (χ1) is 7.66. The molecule has 1 aliphatic heterocycles. The van der Waals surface area contributed by atoms with Crippen LogP contribution < -0.4 is 5.32 Å². The highest BCUT2D eigenvalue weighted by Crippen LogP contribution is 2.18. The van der Waals surface area contributed by atoms with Crippen molar-refractivity contribution in [3.05, 3.63) is 34.1 Å². The summed E-state index contributed by atoms with van der Waals surface area (Å²) in [5, 5.41) is 12.7. The van der Waals surface area contributed by atoms with Crippen molar-refractivity contribution in [2.75, 3.05) is 13.2 Å². The molecule has 88 valence electrons. The molecule has 0 spiro atoms. The van der Waals surface area contributed by atoms with Crippen LogP contribution in [0.5, 0.6) is 0 Å². The smallest absolute Gasteiger partial charge is 0.123 e. The Hall–Kier alpha value is -0.490. The molecular weight excluding hydrogens is 277 g/mol. The van der Waals surface area contributed by atoms with Gasteiger partial charge in [-0.05, 0) is 23.8 Å². The number of hydrogen-bond acceptors (Lipinski definition) is 3. The molecule has 0 aliphatic carbocycles. The van der Waals surface area contributed by atoms with Gasteiger partial charge in [0.2, 0.25) is 0 Å². The molecule has 1 heterocycles. The zero-order chi connectivity index (χ0) is 11.5. The average Bonchev–Trinajstić information content (AvgIpc) is 2.66. The monoisotopic (exact) mass is 289 g/mol. The molecule has 1 aromatic carbocycles. The largest absolute Gasteiger partial charge is 0.389 e. The zero-order valence-electron chi connectivity index (χ0n) is 8.62. The molecule has 2 N–H and O–H groups in total. The average molecular weight is 290 g/mol. The number of ether oxygens (including phenoxy) is 1. The summed E-state index contributed by atoms with van der Waals surface area (Å²) in [4.78, 5) is 0. The molecule has 0 aromatic heterocycles. The maximum atomic E-state index is 13.0. The lowest BCUT2D eigenvalue weighted by Crippen LogP contribution is -2.38. The van der Waals surface area contributed by atoms with E-state index in [1.54, 1.807) is 6.07 Å². The van der Waals surface area contributed by atoms with Crippen LogP contribution in [0.15, 0.2) is 22.7 Å². The first-order valence-corrected chi connectivity index (χ1v) is 5.89. The fraction of sp³-hybridized carbons (Fsp3) is 0.455. The molecule has 5 heteroatoms. The van der Waals surface area contributed by atoms with Crippen LogP contribution in [0.1, 0.15) is 5.56 Å². The number of aliphatic hydroxyl groups is 1. The summed E-state index contributed by atoms with van der Waals surface area (Å²) >= 11 is 3.35. The van der Waals surface area contributed by atoms with Gasteiger partial charge in [0.1, 0.15) is 5.82 Å². The number of rotatable bonds is 3. The number of nitrogens with one attached hydrogen (secondary N) is 1. The van der Waals surface area contributed by atoms with E-state index >= 15 is 0 Å². The van der Waals surface area contributed by atoms with Crippen molar-refractivity contribution >= 4 is 15.9 Å². The van der Waals surface area contributed by atoms with Gasteiger partial charge in [-0.15, -0.1) is 0 Å². The molecule has 1 aromatic rings. The van der Waals surface area contributed by atoms with Crippen LogP contribution in [0.2, 0.25) is 0 Å². The molecule has 0 saturated carbocycles. The van der Waals surface area contributed by atoms with E-state index in [2.05, 4.69) is 21.2 Å². The molecule has 2 unspecified atom stereocenters. The Morgan fingerprint density at radius 2 is 2.31 bits per heavy atom. The second-order valence-electron chi connectivity index (χ2n) is 3.83. The highest BCUT2D eigenvalue weighted by atomic mass is 79.9. The molecule has 1 aliphatic rings. The van der Waals surface area contributed by atoms with Gasteiger partial charge in [0.05, 0.1) is 25.4 Å². The summed E-state index contributed by atoms with van der Waals surface area (Å²) in [6.07, 6.45) is -0.479. The molecule has 2 atom stereocenters. The minimum absolute atomic E-state index is 0.0739. The van der Waals surface area contributed by atoms with Crippen LogP contribution in [0.4, 0.5) is 4.39 Å². The van der Waals surface area contributed by atoms with Crippen molar-refractivity contribution in [2.45, 2.75) is 18.7 Å². The molecule has 0 radical (unpaired) electrons. The standard InChI is InChI=1S/C11H13BrFNO2/c12-9-2-1-8(13)3-7(9)4-14-10-5-16-6-11(10)15/h1-3,10-11,14-15H,4-6H2. The van der Waals surface area contributed by atoms with Gasteiger partial charge in [0, 0.05) is 11.0 Å². The lowest BCUT2D eigenvalue weighted by atomic mass is 10.1. The van der Waals surface area contributed by atoms with E-state index in [0.717, 1.165) is 10.0 Å². The lowest BCUT2D eigenvalue weighted by molar-refractivity contribution is 0.122. The summed E-state index contributed by atoms with van der Waals surface area (Å²) in [6.45, 7) is 1.36. The predicted molar refractivity (Wildman–Crippen MR) is 61.6 cm³/mol. The second kappa shape index (κ2) is 5.23. The molecule has 0 amide bonds. The zero-order valence-corrected chi connectivity index (χ0v) is 10.2. The highest BCUT2D eigenvalue weighted by Gasteiger charge is 2.25. The maximum Gasteiger partial charge on any atom is 0.123 e. The number of halogens is 2. The number of benzene rings is 1. The predicted octanol–water partition coefficient (Wildman–Crippen LogP) is 1.44. The third-order valence-corrected chi connectivity index (χ3v) is 3.39. The van der Waals surface area contributed by atoms with Crippen LogP contribution in [-0.4, -0.2) is 30.5 Å². The van der Waals surface area contributed by atoms with Crippen molar-refractivity contribution in [3.63, 3.8) is 0 Å². The first kappa shape index (κ1) is 12.0. The van der Waals surface area contributed by atoms with Crippen LogP contribution in [0, 0.1) is 5.82 Å². The van der Waals surface area contributed by atoms with Crippen LogP contribution >= 0.6 is 15.9 Å². The summed E-state index contributed by atoms with van der Waals surface area (Å²) in [6, 6.07) is 4.48. The normalized spacial score (nSPS) is 24.9. The third-order valence-electron chi connectivity index (χ3n) is 2.61. The van der Waals surface area contributed by atoms with E-state index in [1.165, 1.54) is 12.1 Å². The summed E-state index contributed by atoms with van der Waals surface area (Å²) in [7, 11) is 0. The Morgan fingerprint density at radius 3 is 3.00 bits per heavy atom. The van der Waals surface area contributed by atoms with E-state index in [4.69, 9.17) is 4.74 Å². The number of hydrogen-bond donors (Lipinski definition) is 2. The minimum atomic E-state index is -0.479. The number of aliphatic hydroxyl groups excluding tert-OH is 1. The quantitative estimate of drug-likeness (QED) is 0.885. The molecule has 3 nitrogen and oxygen atoms in total. The molecule has 0 bridgehead atoms. The Balaban J connectivity index is 1.96. The Kier molecular flexibility index (Phi) is 3.91. The molecule has 16 heavy (non-hydrogen) atoms. The van der Waals surface area contributed by atoms with Crippen molar-refractivity contribution in [3.8, 4) is 0 Å². The SMILES string of the molecule is OC1COCC1NCc1cc(F)ccc1Br. The molecule has 1 saturated heterocycles. The second-order valence-corrected chi connectivity index (χ2v) is 4.68. The Morgan fingerprint density at radius 1 is 1.50 bits per heavy atom. The van der Waals surface area contributed by atoms with Gasteiger partial charge in [0.25, 0.3) is 0 Å². The van der Waals surface area contributed by atoms with Crippen molar-refractivity contribution in [1.82, 2.24) is 5.32 Å². The van der Waals surface area contributed by atoms with Crippen molar-refractivity contribution < 1.29 is 14.2 Å². The van der Waals surface area contributed by atoms with E-state index in [-0.39, 0.29) is 11.9 Å². The summed E-state index contributed by atoms with van der Waals surface area (Å²) in [5.41, 5.74) is 0.833. The fourth-order valence-electron chi connectivity index (χ4n) is 1.66. The Labute approximate surface area is 102 Å². The highest BCUT2D eigenvalue weighted by molar-refractivity contribution is 9.10. The fourth-order valence-corrected chi connectivity index (χ4v) is 2.04. The summed E-state index contributed by atoms with van der Waals surface area (Å²) < 4.78 is 19.0. The van der Waals surface area contributed by atoms with E-state index in [0.29, 0.717) is 19.8 Å². The van der Waals surface area contributed by atoms with Gasteiger partial charge in [-0.3, -0.25) is 0 Å². The van der Waals surface area contributed by atoms with E-state index < -0.39 is 6.10 Å². The van der Waals surface area contributed by atoms with Crippen LogP contribution in [0.3, 0.4) is 0 Å². The minimum Gasteiger partial charge on any atom is -0.389 e. The lowest BCUT2D eigenvalue weighted by Gasteiger charge is -2.15. The topological polar surface area (TPSA) is 41.5 Å². The van der Waals surface area contributed by atoms with Gasteiger partial charge in [-0.2, -0.15) is 0 Å².